The Morgan fingerprint density at radius 1 is 1.22 bits per heavy atom. The van der Waals surface area contributed by atoms with Crippen LogP contribution >= 0.6 is 23.6 Å². The molecule has 0 atom stereocenters. The van der Waals surface area contributed by atoms with Crippen LogP contribution in [0.5, 0.6) is 0 Å². The van der Waals surface area contributed by atoms with E-state index in [0.29, 0.717) is 20.9 Å². The van der Waals surface area contributed by atoms with Crippen LogP contribution in [0, 0.1) is 12.7 Å². The SMILES string of the molecule is Cc1ccc(C(=O)NC(=S)Nc2nc3ccc(F)cc3s2)cc1. The number of thiazole rings is 1. The average molecular weight is 345 g/mol. The molecule has 116 valence electrons. The number of amides is 1. The number of fused-ring (bicyclic) bond motifs is 1. The number of benzene rings is 2. The zero-order valence-electron chi connectivity index (χ0n) is 12.1. The van der Waals surface area contributed by atoms with Gasteiger partial charge < -0.3 is 5.32 Å². The summed E-state index contributed by atoms with van der Waals surface area (Å²) in [6, 6.07) is 11.5. The van der Waals surface area contributed by atoms with E-state index in [9.17, 15) is 9.18 Å². The minimum atomic E-state index is -0.317. The lowest BCUT2D eigenvalue weighted by Crippen LogP contribution is -2.34. The van der Waals surface area contributed by atoms with Gasteiger partial charge in [0.05, 0.1) is 10.2 Å². The zero-order valence-corrected chi connectivity index (χ0v) is 13.7. The zero-order chi connectivity index (χ0) is 16.4. The number of rotatable bonds is 2. The molecular formula is C16H12FN3OS2. The molecule has 0 aliphatic carbocycles. The third-order valence-electron chi connectivity index (χ3n) is 3.11. The van der Waals surface area contributed by atoms with Gasteiger partial charge in [0.2, 0.25) is 0 Å². The molecule has 3 rings (SSSR count). The predicted molar refractivity (Wildman–Crippen MR) is 94.4 cm³/mol. The summed E-state index contributed by atoms with van der Waals surface area (Å²) in [7, 11) is 0. The summed E-state index contributed by atoms with van der Waals surface area (Å²) in [5.41, 5.74) is 2.27. The highest BCUT2D eigenvalue weighted by atomic mass is 32.1. The molecule has 0 spiro atoms. The number of anilines is 1. The maximum Gasteiger partial charge on any atom is 0.257 e. The van der Waals surface area contributed by atoms with Gasteiger partial charge in [0.25, 0.3) is 5.91 Å². The first-order valence-electron chi connectivity index (χ1n) is 6.76. The molecule has 7 heteroatoms. The summed E-state index contributed by atoms with van der Waals surface area (Å²) in [4.78, 5) is 16.4. The van der Waals surface area contributed by atoms with Crippen LogP contribution < -0.4 is 10.6 Å². The number of hydrogen-bond donors (Lipinski definition) is 2. The van der Waals surface area contributed by atoms with Crippen LogP contribution in [0.4, 0.5) is 9.52 Å². The Morgan fingerprint density at radius 3 is 2.70 bits per heavy atom. The van der Waals surface area contributed by atoms with Gasteiger partial charge in [-0.25, -0.2) is 9.37 Å². The topological polar surface area (TPSA) is 54.0 Å². The van der Waals surface area contributed by atoms with Crippen LogP contribution in [-0.4, -0.2) is 16.0 Å². The summed E-state index contributed by atoms with van der Waals surface area (Å²) in [6.45, 7) is 1.95. The van der Waals surface area contributed by atoms with E-state index in [0.717, 1.165) is 5.56 Å². The second-order valence-corrected chi connectivity index (χ2v) is 6.34. The van der Waals surface area contributed by atoms with Gasteiger partial charge in [-0.1, -0.05) is 29.0 Å². The van der Waals surface area contributed by atoms with Crippen molar-refractivity contribution in [1.29, 1.82) is 0 Å². The minimum absolute atomic E-state index is 0.148. The van der Waals surface area contributed by atoms with Crippen LogP contribution in [0.3, 0.4) is 0 Å². The van der Waals surface area contributed by atoms with Crippen molar-refractivity contribution in [2.75, 3.05) is 5.32 Å². The van der Waals surface area contributed by atoms with Gasteiger partial charge in [0.15, 0.2) is 10.2 Å². The highest BCUT2D eigenvalue weighted by Crippen LogP contribution is 2.26. The van der Waals surface area contributed by atoms with E-state index in [1.807, 2.05) is 19.1 Å². The molecule has 0 saturated carbocycles. The quantitative estimate of drug-likeness (QED) is 0.692. The van der Waals surface area contributed by atoms with Gasteiger partial charge >= 0.3 is 0 Å². The van der Waals surface area contributed by atoms with Crippen molar-refractivity contribution in [2.45, 2.75) is 6.92 Å². The number of carbonyl (C=O) groups excluding carboxylic acids is 1. The lowest BCUT2D eigenvalue weighted by Gasteiger charge is -2.07. The van der Waals surface area contributed by atoms with Gasteiger partial charge in [-0.2, -0.15) is 0 Å². The molecule has 23 heavy (non-hydrogen) atoms. The average Bonchev–Trinajstić information content (AvgIpc) is 2.88. The third kappa shape index (κ3) is 3.69. The van der Waals surface area contributed by atoms with Crippen molar-refractivity contribution in [1.82, 2.24) is 10.3 Å². The van der Waals surface area contributed by atoms with E-state index in [4.69, 9.17) is 12.2 Å². The molecule has 1 heterocycles. The van der Waals surface area contributed by atoms with E-state index in [1.165, 1.54) is 23.5 Å². The fraction of sp³-hybridized carbons (Fsp3) is 0.0625. The van der Waals surface area contributed by atoms with Gasteiger partial charge in [-0.3, -0.25) is 10.1 Å². The van der Waals surface area contributed by atoms with Crippen molar-refractivity contribution in [2.24, 2.45) is 0 Å². The number of nitrogens with zero attached hydrogens (tertiary/aromatic N) is 1. The second-order valence-electron chi connectivity index (χ2n) is 4.91. The van der Waals surface area contributed by atoms with Crippen molar-refractivity contribution >= 4 is 49.9 Å². The second kappa shape index (κ2) is 6.39. The van der Waals surface area contributed by atoms with E-state index >= 15 is 0 Å². The molecule has 0 aliphatic heterocycles. The number of carbonyl (C=O) groups is 1. The monoisotopic (exact) mass is 345 g/mol. The Hall–Kier alpha value is -2.38. The normalized spacial score (nSPS) is 10.5. The standard InChI is InChI=1S/C16H12FN3OS2/c1-9-2-4-10(5-3-9)14(21)19-15(22)20-16-18-12-7-6-11(17)8-13(12)23-16/h2-8H,1H3,(H2,18,19,20,21,22). The van der Waals surface area contributed by atoms with Crippen molar-refractivity contribution < 1.29 is 9.18 Å². The molecule has 0 radical (unpaired) electrons. The molecule has 3 aromatic rings. The first kappa shape index (κ1) is 15.5. The largest absolute Gasteiger partial charge is 0.308 e. The van der Waals surface area contributed by atoms with E-state index < -0.39 is 0 Å². The van der Waals surface area contributed by atoms with E-state index in [2.05, 4.69) is 15.6 Å². The van der Waals surface area contributed by atoms with Crippen molar-refractivity contribution in [3.63, 3.8) is 0 Å². The molecule has 0 bridgehead atoms. The summed E-state index contributed by atoms with van der Waals surface area (Å²) < 4.78 is 13.9. The Balaban J connectivity index is 1.68. The van der Waals surface area contributed by atoms with Crippen molar-refractivity contribution in [3.05, 3.63) is 59.4 Å². The molecular weight excluding hydrogens is 333 g/mol. The number of thiocarbonyl (C=S) groups is 1. The summed E-state index contributed by atoms with van der Waals surface area (Å²) in [5, 5.41) is 6.09. The first-order valence-corrected chi connectivity index (χ1v) is 7.99. The predicted octanol–water partition coefficient (Wildman–Crippen LogP) is 3.87. The van der Waals surface area contributed by atoms with Crippen LogP contribution in [0.1, 0.15) is 15.9 Å². The molecule has 2 N–H and O–H groups in total. The Morgan fingerprint density at radius 2 is 1.96 bits per heavy atom. The Bertz CT molecular complexity index is 890. The molecule has 0 unspecified atom stereocenters. The fourth-order valence-electron chi connectivity index (χ4n) is 1.96. The lowest BCUT2D eigenvalue weighted by molar-refractivity contribution is 0.0977. The van der Waals surface area contributed by atoms with Gasteiger partial charge in [0.1, 0.15) is 5.82 Å². The third-order valence-corrected chi connectivity index (χ3v) is 4.25. The molecule has 0 saturated heterocycles. The highest BCUT2D eigenvalue weighted by molar-refractivity contribution is 7.80. The summed E-state index contributed by atoms with van der Waals surface area (Å²) >= 11 is 6.38. The molecule has 4 nitrogen and oxygen atoms in total. The number of aromatic nitrogens is 1. The fourth-order valence-corrected chi connectivity index (χ4v) is 3.11. The number of halogens is 1. The smallest absolute Gasteiger partial charge is 0.257 e. The van der Waals surface area contributed by atoms with Crippen molar-refractivity contribution in [3.8, 4) is 0 Å². The Kier molecular flexibility index (Phi) is 4.31. The van der Waals surface area contributed by atoms with E-state index in [-0.39, 0.29) is 16.8 Å². The Labute approximate surface area is 141 Å². The number of hydrogen-bond acceptors (Lipinski definition) is 4. The molecule has 2 aromatic carbocycles. The van der Waals surface area contributed by atoms with Gasteiger partial charge in [0, 0.05) is 5.56 Å². The summed E-state index contributed by atoms with van der Waals surface area (Å²) in [5.74, 6) is -0.613. The van der Waals surface area contributed by atoms with Crippen LogP contribution in [0.2, 0.25) is 0 Å². The molecule has 0 fully saturated rings. The molecule has 1 amide bonds. The number of nitrogens with one attached hydrogen (secondary N) is 2. The highest BCUT2D eigenvalue weighted by Gasteiger charge is 2.10. The lowest BCUT2D eigenvalue weighted by atomic mass is 10.1. The van der Waals surface area contributed by atoms with Crippen LogP contribution in [0.25, 0.3) is 10.2 Å². The first-order chi connectivity index (χ1) is 11.0. The maximum atomic E-state index is 13.2. The molecule has 0 aliphatic rings. The minimum Gasteiger partial charge on any atom is -0.308 e. The summed E-state index contributed by atoms with van der Waals surface area (Å²) in [6.07, 6.45) is 0. The van der Waals surface area contributed by atoms with Gasteiger partial charge in [-0.05, 0) is 49.5 Å². The van der Waals surface area contributed by atoms with Crippen LogP contribution in [0.15, 0.2) is 42.5 Å². The maximum absolute atomic E-state index is 13.2. The van der Waals surface area contributed by atoms with Crippen LogP contribution in [-0.2, 0) is 0 Å². The molecule has 1 aromatic heterocycles. The van der Waals surface area contributed by atoms with Gasteiger partial charge in [-0.15, -0.1) is 0 Å². The van der Waals surface area contributed by atoms with E-state index in [1.54, 1.807) is 18.2 Å². The number of aryl methyl sites for hydroxylation is 1.